The molecule has 0 amide bonds. The van der Waals surface area contributed by atoms with E-state index in [4.69, 9.17) is 4.98 Å². The predicted molar refractivity (Wildman–Crippen MR) is 154 cm³/mol. The second-order valence-electron chi connectivity index (χ2n) is 10.0. The predicted octanol–water partition coefficient (Wildman–Crippen LogP) is 7.82. The average Bonchev–Trinajstić information content (AvgIpc) is 3.19. The molecule has 4 nitrogen and oxygen atoms in total. The number of aryl methyl sites for hydroxylation is 2. The van der Waals surface area contributed by atoms with Gasteiger partial charge in [0.1, 0.15) is 5.82 Å². The Bertz CT molecular complexity index is 1170. The van der Waals surface area contributed by atoms with Gasteiger partial charge in [0.05, 0.1) is 11.0 Å². The highest BCUT2D eigenvalue weighted by Gasteiger charge is 2.27. The number of aromatic nitrogens is 2. The highest BCUT2D eigenvalue weighted by atomic mass is 15.1. The van der Waals surface area contributed by atoms with E-state index in [-0.39, 0.29) is 0 Å². The molecule has 1 aromatic carbocycles. The van der Waals surface area contributed by atoms with Crippen molar-refractivity contribution in [3.8, 4) is 0 Å². The minimum Gasteiger partial charge on any atom is -0.371 e. The largest absolute Gasteiger partial charge is 0.371 e. The van der Waals surface area contributed by atoms with Gasteiger partial charge in [-0.15, -0.1) is 0 Å². The molecule has 2 heterocycles. The van der Waals surface area contributed by atoms with E-state index in [1.807, 2.05) is 26.1 Å². The van der Waals surface area contributed by atoms with Gasteiger partial charge in [-0.2, -0.15) is 0 Å². The molecule has 0 spiro atoms. The van der Waals surface area contributed by atoms with Crippen molar-refractivity contribution in [2.24, 2.45) is 23.9 Å². The normalized spacial score (nSPS) is 20.0. The van der Waals surface area contributed by atoms with E-state index in [9.17, 15) is 0 Å². The number of imidazole rings is 1. The number of likely N-dealkylation sites (tertiary alicyclic amines) is 1. The van der Waals surface area contributed by atoms with E-state index in [2.05, 4.69) is 80.6 Å². The van der Waals surface area contributed by atoms with Gasteiger partial charge < -0.3 is 9.47 Å². The number of hydrogen-bond donors (Lipinski definition) is 0. The molecule has 2 unspecified atom stereocenters. The minimum absolute atomic E-state index is 0.705. The first kappa shape index (κ1) is 26.7. The molecule has 2 atom stereocenters. The molecule has 0 bridgehead atoms. The maximum absolute atomic E-state index is 5.09. The molecule has 1 saturated heterocycles. The zero-order valence-corrected chi connectivity index (χ0v) is 23.0. The molecule has 35 heavy (non-hydrogen) atoms. The summed E-state index contributed by atoms with van der Waals surface area (Å²) in [5.41, 5.74) is 8.94. The Morgan fingerprint density at radius 3 is 2.60 bits per heavy atom. The first-order chi connectivity index (χ1) is 16.7. The number of nitrogens with zero attached hydrogens (tertiary/aromatic N) is 4. The summed E-state index contributed by atoms with van der Waals surface area (Å²) in [6, 6.07) is 4.56. The Hall–Kier alpha value is -2.88. The summed E-state index contributed by atoms with van der Waals surface area (Å²) in [5, 5.41) is 0. The highest BCUT2D eigenvalue weighted by Crippen LogP contribution is 2.34. The lowest BCUT2D eigenvalue weighted by atomic mass is 9.83. The third-order valence-electron chi connectivity index (χ3n) is 7.57. The molecule has 1 aliphatic rings. The molecular weight excluding hydrogens is 428 g/mol. The number of aliphatic imine (C=N–C) groups is 1. The van der Waals surface area contributed by atoms with Crippen molar-refractivity contribution in [1.82, 2.24) is 14.5 Å². The van der Waals surface area contributed by atoms with Gasteiger partial charge in [0.15, 0.2) is 0 Å². The highest BCUT2D eigenvalue weighted by molar-refractivity contribution is 5.86. The van der Waals surface area contributed by atoms with Crippen LogP contribution in [0.1, 0.15) is 77.8 Å². The molecule has 1 aliphatic heterocycles. The first-order valence-electron chi connectivity index (χ1n) is 13.2. The lowest BCUT2D eigenvalue weighted by Gasteiger charge is -2.39. The van der Waals surface area contributed by atoms with Crippen LogP contribution in [0.3, 0.4) is 0 Å². The van der Waals surface area contributed by atoms with Crippen molar-refractivity contribution < 1.29 is 0 Å². The van der Waals surface area contributed by atoms with Crippen molar-refractivity contribution >= 4 is 28.5 Å². The third kappa shape index (κ3) is 5.69. The SMILES string of the molecule is C=CC(/C=C(\C)c1nc2cc(C(=C)N3CCC(CCC)C(C)C3)cc(CC)c2n1C)=C(C)\N=C/C. The number of hydrogen-bond acceptors (Lipinski definition) is 3. The van der Waals surface area contributed by atoms with E-state index < -0.39 is 0 Å². The molecule has 2 aromatic rings. The van der Waals surface area contributed by atoms with Crippen LogP contribution in [0, 0.1) is 11.8 Å². The molecule has 1 aromatic heterocycles. The van der Waals surface area contributed by atoms with E-state index in [0.29, 0.717) is 5.92 Å². The number of benzene rings is 1. The summed E-state index contributed by atoms with van der Waals surface area (Å²) in [5.74, 6) is 2.52. The summed E-state index contributed by atoms with van der Waals surface area (Å²) in [6.45, 7) is 23.7. The molecule has 3 rings (SSSR count). The fraction of sp³-hybridized carbons (Fsp3) is 0.484. The summed E-state index contributed by atoms with van der Waals surface area (Å²) < 4.78 is 2.23. The van der Waals surface area contributed by atoms with Crippen LogP contribution < -0.4 is 0 Å². The van der Waals surface area contributed by atoms with E-state index in [1.165, 1.54) is 35.9 Å². The van der Waals surface area contributed by atoms with Crippen molar-refractivity contribution in [2.45, 2.75) is 67.2 Å². The van der Waals surface area contributed by atoms with Crippen LogP contribution >= 0.6 is 0 Å². The third-order valence-corrected chi connectivity index (χ3v) is 7.57. The van der Waals surface area contributed by atoms with Gasteiger partial charge in [-0.1, -0.05) is 52.8 Å². The van der Waals surface area contributed by atoms with E-state index in [1.54, 1.807) is 0 Å². The standard InChI is InChI=1S/C31H44N4/c1-10-14-27-15-16-35(20-22(27)6)24(8)28-18-26(12-3)30-29(19-28)33-31(34(30)9)21(5)17-25(11-2)23(7)32-13-4/h11,13,17-19,22,27H,2,8,10,12,14-16,20H2,1,3-7,9H3/b21-17+,25-23+,32-13-. The van der Waals surface area contributed by atoms with Crippen molar-refractivity contribution in [2.75, 3.05) is 13.1 Å². The van der Waals surface area contributed by atoms with Gasteiger partial charge in [0.2, 0.25) is 0 Å². The van der Waals surface area contributed by atoms with Crippen LogP contribution in [0.5, 0.6) is 0 Å². The summed E-state index contributed by atoms with van der Waals surface area (Å²) in [4.78, 5) is 12.0. The van der Waals surface area contributed by atoms with Gasteiger partial charge in [-0.3, -0.25) is 4.99 Å². The van der Waals surface area contributed by atoms with Crippen molar-refractivity contribution in [3.63, 3.8) is 0 Å². The first-order valence-corrected chi connectivity index (χ1v) is 13.2. The van der Waals surface area contributed by atoms with Gasteiger partial charge in [-0.25, -0.2) is 4.98 Å². The second-order valence-corrected chi connectivity index (χ2v) is 10.0. The summed E-state index contributed by atoms with van der Waals surface area (Å²) in [7, 11) is 2.12. The molecule has 1 fully saturated rings. The quantitative estimate of drug-likeness (QED) is 0.275. The van der Waals surface area contributed by atoms with Crippen molar-refractivity contribution in [3.05, 3.63) is 65.7 Å². The zero-order chi connectivity index (χ0) is 25.7. The molecule has 0 aliphatic carbocycles. The second kappa shape index (κ2) is 11.7. The molecule has 4 heteroatoms. The van der Waals surface area contributed by atoms with E-state index in [0.717, 1.165) is 59.3 Å². The van der Waals surface area contributed by atoms with Crippen LogP contribution in [0.25, 0.3) is 22.3 Å². The number of allylic oxidation sites excluding steroid dienone is 5. The lowest BCUT2D eigenvalue weighted by molar-refractivity contribution is 0.173. The molecule has 0 saturated carbocycles. The van der Waals surface area contributed by atoms with Gasteiger partial charge in [-0.05, 0) is 85.9 Å². The Morgan fingerprint density at radius 1 is 1.26 bits per heavy atom. The lowest BCUT2D eigenvalue weighted by Crippen LogP contribution is -2.38. The monoisotopic (exact) mass is 472 g/mol. The van der Waals surface area contributed by atoms with Gasteiger partial charge in [0.25, 0.3) is 0 Å². The molecule has 188 valence electrons. The Balaban J connectivity index is 1.99. The van der Waals surface area contributed by atoms with Crippen LogP contribution in [0.4, 0.5) is 0 Å². The molecule has 0 N–H and O–H groups in total. The van der Waals surface area contributed by atoms with Crippen LogP contribution in [-0.4, -0.2) is 33.8 Å². The number of piperidine rings is 1. The Morgan fingerprint density at radius 2 is 2.00 bits per heavy atom. The average molecular weight is 473 g/mol. The van der Waals surface area contributed by atoms with Crippen LogP contribution in [0.15, 0.2) is 53.7 Å². The van der Waals surface area contributed by atoms with Crippen LogP contribution in [-0.2, 0) is 13.5 Å². The smallest absolute Gasteiger partial charge is 0.136 e. The van der Waals surface area contributed by atoms with E-state index >= 15 is 0 Å². The number of fused-ring (bicyclic) bond motifs is 1. The minimum atomic E-state index is 0.705. The fourth-order valence-electron chi connectivity index (χ4n) is 5.53. The molecular formula is C31H44N4. The molecule has 0 radical (unpaired) electrons. The maximum atomic E-state index is 5.09. The van der Waals surface area contributed by atoms with Gasteiger partial charge >= 0.3 is 0 Å². The summed E-state index contributed by atoms with van der Waals surface area (Å²) >= 11 is 0. The van der Waals surface area contributed by atoms with Crippen molar-refractivity contribution in [1.29, 1.82) is 0 Å². The Kier molecular flexibility index (Phi) is 8.93. The topological polar surface area (TPSA) is 33.4 Å². The summed E-state index contributed by atoms with van der Waals surface area (Å²) in [6.07, 6.45) is 10.6. The zero-order valence-electron chi connectivity index (χ0n) is 23.0. The Labute approximate surface area is 212 Å². The van der Waals surface area contributed by atoms with Gasteiger partial charge in [0, 0.05) is 37.7 Å². The van der Waals surface area contributed by atoms with Crippen LogP contribution in [0.2, 0.25) is 0 Å². The number of rotatable bonds is 9. The fourth-order valence-corrected chi connectivity index (χ4v) is 5.53. The maximum Gasteiger partial charge on any atom is 0.136 e.